The van der Waals surface area contributed by atoms with E-state index in [0.717, 1.165) is 11.1 Å². The Morgan fingerprint density at radius 1 is 1.14 bits per heavy atom. The van der Waals surface area contributed by atoms with E-state index in [1.54, 1.807) is 14.2 Å². The zero-order valence-corrected chi connectivity index (χ0v) is 13.7. The molecule has 0 aliphatic heterocycles. The van der Waals surface area contributed by atoms with Crippen molar-refractivity contribution in [3.8, 4) is 11.5 Å². The van der Waals surface area contributed by atoms with Crippen LogP contribution in [0, 0.1) is 12.8 Å². The highest BCUT2D eigenvalue weighted by Gasteiger charge is 2.21. The molecule has 0 aliphatic carbocycles. The fourth-order valence-electron chi connectivity index (χ4n) is 2.15. The number of benzene rings is 1. The summed E-state index contributed by atoms with van der Waals surface area (Å²) in [6.07, 6.45) is 0. The molecule has 1 rings (SSSR count). The third-order valence-corrected chi connectivity index (χ3v) is 3.62. The first-order valence-electron chi connectivity index (χ1n) is 7.10. The van der Waals surface area contributed by atoms with Crippen molar-refractivity contribution < 1.29 is 14.3 Å². The fourth-order valence-corrected chi connectivity index (χ4v) is 2.15. The maximum Gasteiger partial charge on any atom is 0.237 e. The Hall–Kier alpha value is -1.75. The minimum Gasteiger partial charge on any atom is -0.493 e. The van der Waals surface area contributed by atoms with Gasteiger partial charge in [0, 0.05) is 0 Å². The Bertz CT molecular complexity index is 501. The van der Waals surface area contributed by atoms with Crippen LogP contribution in [0.5, 0.6) is 11.5 Å². The van der Waals surface area contributed by atoms with Crippen LogP contribution in [0.15, 0.2) is 12.1 Å². The second-order valence-electron chi connectivity index (χ2n) is 5.56. The topological polar surface area (TPSA) is 73.6 Å². The van der Waals surface area contributed by atoms with E-state index in [4.69, 9.17) is 15.2 Å². The number of hydrogen-bond donors (Lipinski definition) is 2. The van der Waals surface area contributed by atoms with E-state index in [2.05, 4.69) is 5.32 Å². The first-order chi connectivity index (χ1) is 9.81. The number of nitrogens with one attached hydrogen (secondary N) is 1. The lowest BCUT2D eigenvalue weighted by Crippen LogP contribution is -2.44. The average Bonchev–Trinajstić information content (AvgIpc) is 2.45. The van der Waals surface area contributed by atoms with E-state index in [9.17, 15) is 4.79 Å². The highest BCUT2D eigenvalue weighted by molar-refractivity contribution is 5.82. The molecule has 2 atom stereocenters. The number of aryl methyl sites for hydroxylation is 1. The van der Waals surface area contributed by atoms with Crippen LogP contribution in [-0.4, -0.2) is 26.2 Å². The smallest absolute Gasteiger partial charge is 0.237 e. The van der Waals surface area contributed by atoms with Crippen molar-refractivity contribution in [3.63, 3.8) is 0 Å². The van der Waals surface area contributed by atoms with Gasteiger partial charge in [0.2, 0.25) is 5.91 Å². The summed E-state index contributed by atoms with van der Waals surface area (Å²) in [7, 11) is 3.19. The maximum absolute atomic E-state index is 12.1. The molecule has 21 heavy (non-hydrogen) atoms. The normalized spacial score (nSPS) is 13.7. The molecule has 0 fully saturated rings. The molecule has 0 radical (unpaired) electrons. The van der Waals surface area contributed by atoms with Crippen LogP contribution in [0.4, 0.5) is 0 Å². The molecule has 5 heteroatoms. The van der Waals surface area contributed by atoms with Crippen LogP contribution in [0.1, 0.15) is 37.9 Å². The first kappa shape index (κ1) is 17.3. The van der Waals surface area contributed by atoms with Gasteiger partial charge in [-0.2, -0.15) is 0 Å². The molecule has 0 spiro atoms. The monoisotopic (exact) mass is 294 g/mol. The molecule has 0 aromatic heterocycles. The van der Waals surface area contributed by atoms with Gasteiger partial charge in [0.05, 0.1) is 26.3 Å². The van der Waals surface area contributed by atoms with Crippen molar-refractivity contribution in [3.05, 3.63) is 23.3 Å². The summed E-state index contributed by atoms with van der Waals surface area (Å²) < 4.78 is 10.6. The maximum atomic E-state index is 12.1. The number of amides is 1. The Morgan fingerprint density at radius 2 is 1.67 bits per heavy atom. The van der Waals surface area contributed by atoms with E-state index >= 15 is 0 Å². The van der Waals surface area contributed by atoms with Crippen LogP contribution in [-0.2, 0) is 4.79 Å². The lowest BCUT2D eigenvalue weighted by Gasteiger charge is -2.22. The van der Waals surface area contributed by atoms with Gasteiger partial charge in [-0.05, 0) is 43.0 Å². The van der Waals surface area contributed by atoms with Crippen molar-refractivity contribution >= 4 is 5.91 Å². The zero-order valence-electron chi connectivity index (χ0n) is 13.7. The van der Waals surface area contributed by atoms with Crippen molar-refractivity contribution in [2.24, 2.45) is 11.7 Å². The van der Waals surface area contributed by atoms with Gasteiger partial charge in [0.1, 0.15) is 0 Å². The van der Waals surface area contributed by atoms with E-state index in [-0.39, 0.29) is 17.9 Å². The van der Waals surface area contributed by atoms with Crippen molar-refractivity contribution in [1.29, 1.82) is 0 Å². The third kappa shape index (κ3) is 4.11. The van der Waals surface area contributed by atoms with E-state index < -0.39 is 6.04 Å². The molecule has 1 amide bonds. The van der Waals surface area contributed by atoms with Gasteiger partial charge >= 0.3 is 0 Å². The molecular weight excluding hydrogens is 268 g/mol. The predicted octanol–water partition coefficient (Wildman–Crippen LogP) is 2.17. The summed E-state index contributed by atoms with van der Waals surface area (Å²) in [6.45, 7) is 7.76. The highest BCUT2D eigenvalue weighted by Crippen LogP contribution is 2.32. The molecule has 1 aromatic rings. The highest BCUT2D eigenvalue weighted by atomic mass is 16.5. The molecular formula is C16H26N2O3. The Balaban J connectivity index is 2.97. The summed E-state index contributed by atoms with van der Waals surface area (Å²) in [5.41, 5.74) is 7.88. The summed E-state index contributed by atoms with van der Waals surface area (Å²) in [6, 6.07) is 3.13. The van der Waals surface area contributed by atoms with E-state index in [1.165, 1.54) is 0 Å². The third-order valence-electron chi connectivity index (χ3n) is 3.62. The van der Waals surface area contributed by atoms with Crippen molar-refractivity contribution in [1.82, 2.24) is 5.32 Å². The van der Waals surface area contributed by atoms with E-state index in [0.29, 0.717) is 11.5 Å². The molecule has 0 bridgehead atoms. The van der Waals surface area contributed by atoms with Crippen LogP contribution in [0.2, 0.25) is 0 Å². The van der Waals surface area contributed by atoms with Gasteiger partial charge in [-0.25, -0.2) is 0 Å². The molecule has 1 unspecified atom stereocenters. The number of nitrogens with two attached hydrogens (primary N) is 1. The van der Waals surface area contributed by atoms with Crippen LogP contribution in [0.3, 0.4) is 0 Å². The second kappa shape index (κ2) is 7.31. The molecule has 0 saturated heterocycles. The number of carbonyl (C=O) groups excluding carboxylic acids is 1. The minimum atomic E-state index is -0.507. The predicted molar refractivity (Wildman–Crippen MR) is 83.7 cm³/mol. The summed E-state index contributed by atoms with van der Waals surface area (Å²) in [4.78, 5) is 12.1. The molecule has 3 N–H and O–H groups in total. The van der Waals surface area contributed by atoms with Crippen molar-refractivity contribution in [2.75, 3.05) is 14.2 Å². The van der Waals surface area contributed by atoms with Crippen LogP contribution < -0.4 is 20.5 Å². The number of hydrogen-bond acceptors (Lipinski definition) is 4. The van der Waals surface area contributed by atoms with Gasteiger partial charge < -0.3 is 20.5 Å². The first-order valence-corrected chi connectivity index (χ1v) is 7.10. The number of carbonyl (C=O) groups is 1. The number of methoxy groups -OCH3 is 2. The number of rotatable bonds is 6. The van der Waals surface area contributed by atoms with Gasteiger partial charge in [-0.15, -0.1) is 0 Å². The Labute approximate surface area is 126 Å². The summed E-state index contributed by atoms with van der Waals surface area (Å²) >= 11 is 0. The molecule has 0 saturated carbocycles. The SMILES string of the molecule is COc1cc(C)c(C(C)NC(=O)[C@@H](N)C(C)C)cc1OC. The van der Waals surface area contributed by atoms with Gasteiger partial charge in [-0.3, -0.25) is 4.79 Å². The summed E-state index contributed by atoms with van der Waals surface area (Å²) in [5, 5.41) is 2.95. The average molecular weight is 294 g/mol. The molecule has 5 nitrogen and oxygen atoms in total. The molecule has 0 heterocycles. The Kier molecular flexibility index (Phi) is 6.03. The fraction of sp³-hybridized carbons (Fsp3) is 0.562. The Morgan fingerprint density at radius 3 is 2.14 bits per heavy atom. The molecule has 0 aliphatic rings. The van der Waals surface area contributed by atoms with E-state index in [1.807, 2.05) is 39.8 Å². The van der Waals surface area contributed by atoms with Gasteiger partial charge in [-0.1, -0.05) is 13.8 Å². The zero-order chi connectivity index (χ0) is 16.2. The minimum absolute atomic E-state index is 0.101. The molecule has 118 valence electrons. The van der Waals surface area contributed by atoms with Gasteiger partial charge in [0.25, 0.3) is 0 Å². The van der Waals surface area contributed by atoms with Crippen molar-refractivity contribution in [2.45, 2.75) is 39.8 Å². The molecule has 1 aromatic carbocycles. The quantitative estimate of drug-likeness (QED) is 0.843. The standard InChI is InChI=1S/C16H26N2O3/c1-9(2)15(17)16(19)18-11(4)12-8-14(21-6)13(20-5)7-10(12)3/h7-9,11,15H,17H2,1-6H3,(H,18,19)/t11?,15-/m0/s1. The van der Waals surface area contributed by atoms with Crippen LogP contribution in [0.25, 0.3) is 0 Å². The van der Waals surface area contributed by atoms with Crippen LogP contribution >= 0.6 is 0 Å². The number of ether oxygens (including phenoxy) is 2. The lowest BCUT2D eigenvalue weighted by molar-refractivity contribution is -0.123. The largest absolute Gasteiger partial charge is 0.493 e. The summed E-state index contributed by atoms with van der Waals surface area (Å²) in [5.74, 6) is 1.28. The lowest BCUT2D eigenvalue weighted by atomic mass is 9.99. The van der Waals surface area contributed by atoms with Gasteiger partial charge in [0.15, 0.2) is 11.5 Å². The second-order valence-corrected chi connectivity index (χ2v) is 5.56.